The van der Waals surface area contributed by atoms with Crippen LogP contribution >= 0.6 is 0 Å². The molecule has 1 rings (SSSR count). The maximum absolute atomic E-state index is 11.2. The molecule has 0 aromatic rings. The third-order valence-corrected chi connectivity index (χ3v) is 2.05. The van der Waals surface area contributed by atoms with Crippen molar-refractivity contribution in [2.45, 2.75) is 39.2 Å². The van der Waals surface area contributed by atoms with Crippen molar-refractivity contribution in [1.29, 1.82) is 0 Å². The number of ether oxygens (including phenoxy) is 2. The molecule has 1 aliphatic heterocycles. The highest BCUT2D eigenvalue weighted by Gasteiger charge is 2.26. The van der Waals surface area contributed by atoms with Gasteiger partial charge in [0.1, 0.15) is 5.60 Å². The Hall–Kier alpha value is -0.990. The SMILES string of the molecule is CCOC(=O)C1=COC(C)(C)CC1. The van der Waals surface area contributed by atoms with Gasteiger partial charge in [-0.3, -0.25) is 0 Å². The zero-order valence-corrected chi connectivity index (χ0v) is 8.42. The van der Waals surface area contributed by atoms with Crippen LogP contribution in [-0.2, 0) is 14.3 Å². The van der Waals surface area contributed by atoms with Crippen LogP contribution in [0.1, 0.15) is 33.6 Å². The molecule has 1 heterocycles. The summed E-state index contributed by atoms with van der Waals surface area (Å²) in [7, 11) is 0. The van der Waals surface area contributed by atoms with Gasteiger partial charge in [-0.05, 0) is 33.6 Å². The summed E-state index contributed by atoms with van der Waals surface area (Å²) in [5.74, 6) is -0.252. The van der Waals surface area contributed by atoms with Crippen molar-refractivity contribution in [3.63, 3.8) is 0 Å². The second-order valence-corrected chi connectivity index (χ2v) is 3.74. The largest absolute Gasteiger partial charge is 0.495 e. The number of rotatable bonds is 2. The quantitative estimate of drug-likeness (QED) is 0.616. The summed E-state index contributed by atoms with van der Waals surface area (Å²) < 4.78 is 10.2. The fourth-order valence-electron chi connectivity index (χ4n) is 1.16. The summed E-state index contributed by atoms with van der Waals surface area (Å²) in [6.07, 6.45) is 3.13. The van der Waals surface area contributed by atoms with Gasteiger partial charge in [-0.2, -0.15) is 0 Å². The molecule has 0 radical (unpaired) electrons. The molecule has 0 amide bonds. The third kappa shape index (κ3) is 2.76. The molecule has 0 spiro atoms. The van der Waals surface area contributed by atoms with E-state index in [1.165, 1.54) is 6.26 Å². The lowest BCUT2D eigenvalue weighted by atomic mass is 9.97. The van der Waals surface area contributed by atoms with Crippen LogP contribution in [0, 0.1) is 0 Å². The first-order chi connectivity index (χ1) is 6.05. The van der Waals surface area contributed by atoms with E-state index in [9.17, 15) is 4.79 Å². The van der Waals surface area contributed by atoms with Crippen LogP contribution in [0.25, 0.3) is 0 Å². The minimum absolute atomic E-state index is 0.143. The average Bonchev–Trinajstić information content (AvgIpc) is 2.04. The number of esters is 1. The molecular weight excluding hydrogens is 168 g/mol. The van der Waals surface area contributed by atoms with E-state index in [-0.39, 0.29) is 11.6 Å². The van der Waals surface area contributed by atoms with Gasteiger partial charge in [-0.1, -0.05) is 0 Å². The number of hydrogen-bond donors (Lipinski definition) is 0. The normalized spacial score (nSPS) is 20.1. The number of carbonyl (C=O) groups is 1. The standard InChI is InChI=1S/C10H16O3/c1-4-12-9(11)8-5-6-10(2,3)13-7-8/h7H,4-6H2,1-3H3. The van der Waals surface area contributed by atoms with E-state index in [1.807, 2.05) is 13.8 Å². The Balaban J connectivity index is 2.55. The minimum atomic E-state index is -0.252. The van der Waals surface area contributed by atoms with Gasteiger partial charge >= 0.3 is 5.97 Å². The lowest BCUT2D eigenvalue weighted by Crippen LogP contribution is -2.27. The lowest BCUT2D eigenvalue weighted by Gasteiger charge is -2.28. The van der Waals surface area contributed by atoms with Crippen LogP contribution in [0.3, 0.4) is 0 Å². The van der Waals surface area contributed by atoms with E-state index in [0.29, 0.717) is 12.2 Å². The van der Waals surface area contributed by atoms with Gasteiger partial charge in [0.2, 0.25) is 0 Å². The van der Waals surface area contributed by atoms with Crippen molar-refractivity contribution in [3.05, 3.63) is 11.8 Å². The van der Waals surface area contributed by atoms with Crippen molar-refractivity contribution < 1.29 is 14.3 Å². The summed E-state index contributed by atoms with van der Waals surface area (Å²) in [6.45, 7) is 6.22. The van der Waals surface area contributed by atoms with E-state index in [0.717, 1.165) is 12.8 Å². The fourth-order valence-corrected chi connectivity index (χ4v) is 1.16. The average molecular weight is 184 g/mol. The molecular formula is C10H16O3. The first kappa shape index (κ1) is 10.1. The second-order valence-electron chi connectivity index (χ2n) is 3.74. The summed E-state index contributed by atoms with van der Waals surface area (Å²) in [5.41, 5.74) is 0.497. The van der Waals surface area contributed by atoms with Gasteiger partial charge in [0.15, 0.2) is 0 Å². The van der Waals surface area contributed by atoms with E-state index >= 15 is 0 Å². The highest BCUT2D eigenvalue weighted by atomic mass is 16.5. The molecule has 0 atom stereocenters. The predicted octanol–water partition coefficient (Wildman–Crippen LogP) is 2.02. The Morgan fingerprint density at radius 1 is 1.69 bits per heavy atom. The van der Waals surface area contributed by atoms with Crippen molar-refractivity contribution in [3.8, 4) is 0 Å². The Kier molecular flexibility index (Phi) is 2.96. The Bertz CT molecular complexity index is 228. The van der Waals surface area contributed by atoms with Crippen LogP contribution < -0.4 is 0 Å². The highest BCUT2D eigenvalue weighted by molar-refractivity contribution is 5.88. The third-order valence-electron chi connectivity index (χ3n) is 2.05. The molecule has 0 aromatic carbocycles. The van der Waals surface area contributed by atoms with Gasteiger partial charge in [0.05, 0.1) is 18.4 Å². The molecule has 0 unspecified atom stereocenters. The Morgan fingerprint density at radius 3 is 2.85 bits per heavy atom. The van der Waals surface area contributed by atoms with Crippen molar-refractivity contribution in [1.82, 2.24) is 0 Å². The topological polar surface area (TPSA) is 35.5 Å². The molecule has 0 saturated heterocycles. The minimum Gasteiger partial charge on any atom is -0.495 e. The number of carbonyl (C=O) groups excluding carboxylic acids is 1. The first-order valence-corrected chi connectivity index (χ1v) is 4.59. The maximum Gasteiger partial charge on any atom is 0.337 e. The second kappa shape index (κ2) is 3.81. The van der Waals surface area contributed by atoms with E-state index in [1.54, 1.807) is 6.92 Å². The van der Waals surface area contributed by atoms with Crippen molar-refractivity contribution in [2.75, 3.05) is 6.61 Å². The summed E-state index contributed by atoms with van der Waals surface area (Å²) in [6, 6.07) is 0. The monoisotopic (exact) mass is 184 g/mol. The zero-order chi connectivity index (χ0) is 9.90. The van der Waals surface area contributed by atoms with Gasteiger partial charge in [0.25, 0.3) is 0 Å². The zero-order valence-electron chi connectivity index (χ0n) is 8.42. The van der Waals surface area contributed by atoms with Crippen molar-refractivity contribution in [2.24, 2.45) is 0 Å². The molecule has 0 N–H and O–H groups in total. The van der Waals surface area contributed by atoms with E-state index in [2.05, 4.69) is 0 Å². The molecule has 74 valence electrons. The Morgan fingerprint density at radius 2 is 2.38 bits per heavy atom. The molecule has 1 aliphatic rings. The van der Waals surface area contributed by atoms with E-state index < -0.39 is 0 Å². The van der Waals surface area contributed by atoms with Crippen LogP contribution in [0.15, 0.2) is 11.8 Å². The van der Waals surface area contributed by atoms with Crippen LogP contribution in [0.5, 0.6) is 0 Å². The van der Waals surface area contributed by atoms with Gasteiger partial charge < -0.3 is 9.47 Å². The molecule has 0 aliphatic carbocycles. The van der Waals surface area contributed by atoms with Crippen LogP contribution in [0.4, 0.5) is 0 Å². The van der Waals surface area contributed by atoms with Crippen molar-refractivity contribution >= 4 is 5.97 Å². The Labute approximate surface area is 78.7 Å². The highest BCUT2D eigenvalue weighted by Crippen LogP contribution is 2.26. The molecule has 0 bridgehead atoms. The molecule has 0 saturated carbocycles. The smallest absolute Gasteiger partial charge is 0.337 e. The summed E-state index contributed by atoms with van der Waals surface area (Å²) in [4.78, 5) is 11.2. The summed E-state index contributed by atoms with van der Waals surface area (Å²) >= 11 is 0. The van der Waals surface area contributed by atoms with Gasteiger partial charge in [-0.15, -0.1) is 0 Å². The maximum atomic E-state index is 11.2. The molecule has 13 heavy (non-hydrogen) atoms. The number of hydrogen-bond acceptors (Lipinski definition) is 3. The molecule has 0 fully saturated rings. The van der Waals surface area contributed by atoms with Crippen LogP contribution in [-0.4, -0.2) is 18.2 Å². The fraction of sp³-hybridized carbons (Fsp3) is 0.700. The molecule has 0 aromatic heterocycles. The van der Waals surface area contributed by atoms with Gasteiger partial charge in [-0.25, -0.2) is 4.79 Å². The predicted molar refractivity (Wildman–Crippen MR) is 49.1 cm³/mol. The lowest BCUT2D eigenvalue weighted by molar-refractivity contribution is -0.139. The van der Waals surface area contributed by atoms with Crippen LogP contribution in [0.2, 0.25) is 0 Å². The molecule has 3 nitrogen and oxygen atoms in total. The van der Waals surface area contributed by atoms with E-state index in [4.69, 9.17) is 9.47 Å². The summed E-state index contributed by atoms with van der Waals surface area (Å²) in [5, 5.41) is 0. The first-order valence-electron chi connectivity index (χ1n) is 4.59. The van der Waals surface area contributed by atoms with Gasteiger partial charge in [0, 0.05) is 0 Å². The molecule has 3 heteroatoms.